The van der Waals surface area contributed by atoms with Gasteiger partial charge in [0.1, 0.15) is 0 Å². The lowest BCUT2D eigenvalue weighted by atomic mass is 10.3. The third-order valence-corrected chi connectivity index (χ3v) is 0.924. The van der Waals surface area contributed by atoms with E-state index in [-0.39, 0.29) is 0 Å². The Bertz CT molecular complexity index is 121. The topological polar surface area (TPSA) is 0 Å². The van der Waals surface area contributed by atoms with Crippen LogP contribution in [-0.4, -0.2) is 0 Å². The van der Waals surface area contributed by atoms with E-state index in [1.54, 1.807) is 0 Å². The molecule has 0 heteroatoms. The van der Waals surface area contributed by atoms with E-state index in [9.17, 15) is 0 Å². The molecule has 0 fully saturated rings. The molecule has 0 spiro atoms. The standard InChI is InChI=1S/C9H14/c1-3-5-7-9-8-6-4-2/h5,7H,3-4,9H2,1-2H3. The average Bonchev–Trinajstić information content (AvgIpc) is 1.89. The molecule has 0 amide bonds. The van der Waals surface area contributed by atoms with Crippen LogP contribution in [0, 0.1) is 11.8 Å². The van der Waals surface area contributed by atoms with Gasteiger partial charge in [-0.25, -0.2) is 0 Å². The third-order valence-electron chi connectivity index (χ3n) is 0.924. The molecule has 0 aromatic carbocycles. The quantitative estimate of drug-likeness (QED) is 0.390. The van der Waals surface area contributed by atoms with Gasteiger partial charge in [-0.3, -0.25) is 0 Å². The van der Waals surface area contributed by atoms with Crippen LogP contribution in [0.4, 0.5) is 0 Å². The normalized spacial score (nSPS) is 9.11. The first-order valence-corrected chi connectivity index (χ1v) is 3.52. The van der Waals surface area contributed by atoms with Crippen molar-refractivity contribution in [3.63, 3.8) is 0 Å². The first kappa shape index (κ1) is 8.30. The second kappa shape index (κ2) is 7.30. The molecular formula is C9H14. The number of hydrogen-bond acceptors (Lipinski definition) is 0. The van der Waals surface area contributed by atoms with Crippen LogP contribution in [0.2, 0.25) is 0 Å². The molecule has 0 radical (unpaired) electrons. The molecule has 0 aromatic heterocycles. The van der Waals surface area contributed by atoms with Gasteiger partial charge in [0.15, 0.2) is 0 Å². The largest absolute Gasteiger partial charge is 0.103 e. The second-order valence-corrected chi connectivity index (χ2v) is 1.79. The molecule has 0 saturated carbocycles. The lowest BCUT2D eigenvalue weighted by molar-refractivity contribution is 1.20. The first-order valence-electron chi connectivity index (χ1n) is 3.52. The predicted octanol–water partition coefficient (Wildman–Crippen LogP) is 2.76. The first-order chi connectivity index (χ1) is 4.41. The van der Waals surface area contributed by atoms with Crippen molar-refractivity contribution >= 4 is 0 Å². The fourth-order valence-electron chi connectivity index (χ4n) is 0.506. The summed E-state index contributed by atoms with van der Waals surface area (Å²) >= 11 is 0. The van der Waals surface area contributed by atoms with Gasteiger partial charge in [-0.2, -0.15) is 0 Å². The predicted molar refractivity (Wildman–Crippen MR) is 42.1 cm³/mol. The Labute approximate surface area is 58.0 Å². The summed E-state index contributed by atoms with van der Waals surface area (Å²) in [5.41, 5.74) is 0. The summed E-state index contributed by atoms with van der Waals surface area (Å²) in [6, 6.07) is 0. The molecule has 50 valence electrons. The Morgan fingerprint density at radius 2 is 1.89 bits per heavy atom. The van der Waals surface area contributed by atoms with Gasteiger partial charge in [0.2, 0.25) is 0 Å². The maximum Gasteiger partial charge on any atom is 0.0269 e. The Balaban J connectivity index is 3.18. The number of rotatable bonds is 2. The van der Waals surface area contributed by atoms with Gasteiger partial charge in [0.05, 0.1) is 0 Å². The van der Waals surface area contributed by atoms with Gasteiger partial charge in [-0.05, 0) is 6.42 Å². The van der Waals surface area contributed by atoms with E-state index in [2.05, 4.69) is 37.8 Å². The maximum atomic E-state index is 3.03. The zero-order valence-corrected chi connectivity index (χ0v) is 6.28. The van der Waals surface area contributed by atoms with Crippen LogP contribution in [0.1, 0.15) is 33.1 Å². The molecule has 0 unspecified atom stereocenters. The maximum absolute atomic E-state index is 3.03. The van der Waals surface area contributed by atoms with Crippen molar-refractivity contribution in [3.05, 3.63) is 12.2 Å². The van der Waals surface area contributed by atoms with Crippen LogP contribution in [-0.2, 0) is 0 Å². The molecule has 0 nitrogen and oxygen atoms in total. The Kier molecular flexibility index (Phi) is 6.73. The summed E-state index contributed by atoms with van der Waals surface area (Å²) in [6.07, 6.45) is 7.27. The molecule has 0 saturated heterocycles. The summed E-state index contributed by atoms with van der Waals surface area (Å²) in [4.78, 5) is 0. The van der Waals surface area contributed by atoms with Gasteiger partial charge in [-0.1, -0.05) is 31.9 Å². The van der Waals surface area contributed by atoms with E-state index in [1.807, 2.05) is 0 Å². The van der Waals surface area contributed by atoms with Crippen LogP contribution in [0.15, 0.2) is 12.2 Å². The molecule has 0 heterocycles. The summed E-state index contributed by atoms with van der Waals surface area (Å²) in [5.74, 6) is 6.04. The van der Waals surface area contributed by atoms with Crippen molar-refractivity contribution in [2.75, 3.05) is 0 Å². The Morgan fingerprint density at radius 1 is 1.11 bits per heavy atom. The summed E-state index contributed by atoms with van der Waals surface area (Å²) < 4.78 is 0. The average molecular weight is 122 g/mol. The van der Waals surface area contributed by atoms with Gasteiger partial charge < -0.3 is 0 Å². The second-order valence-electron chi connectivity index (χ2n) is 1.79. The molecule has 0 N–H and O–H groups in total. The minimum absolute atomic E-state index is 0.918. The lowest BCUT2D eigenvalue weighted by Gasteiger charge is -1.75. The van der Waals surface area contributed by atoms with Gasteiger partial charge in [0, 0.05) is 12.8 Å². The Hall–Kier alpha value is -0.700. The molecule has 0 bridgehead atoms. The molecule has 0 atom stereocenters. The molecule has 0 aliphatic heterocycles. The minimum Gasteiger partial charge on any atom is -0.103 e. The van der Waals surface area contributed by atoms with Crippen molar-refractivity contribution in [1.82, 2.24) is 0 Å². The van der Waals surface area contributed by atoms with Crippen LogP contribution >= 0.6 is 0 Å². The van der Waals surface area contributed by atoms with Crippen LogP contribution < -0.4 is 0 Å². The Morgan fingerprint density at radius 3 is 2.44 bits per heavy atom. The fourth-order valence-corrected chi connectivity index (χ4v) is 0.506. The highest BCUT2D eigenvalue weighted by atomic mass is 13.7. The minimum atomic E-state index is 0.918. The van der Waals surface area contributed by atoms with Crippen molar-refractivity contribution < 1.29 is 0 Å². The highest BCUT2D eigenvalue weighted by molar-refractivity contribution is 5.03. The van der Waals surface area contributed by atoms with Crippen molar-refractivity contribution in [3.8, 4) is 11.8 Å². The molecular weight excluding hydrogens is 108 g/mol. The monoisotopic (exact) mass is 122 g/mol. The smallest absolute Gasteiger partial charge is 0.0269 e. The number of allylic oxidation sites excluding steroid dienone is 2. The van der Waals surface area contributed by atoms with Crippen molar-refractivity contribution in [2.45, 2.75) is 33.1 Å². The lowest BCUT2D eigenvalue weighted by Crippen LogP contribution is -1.59. The van der Waals surface area contributed by atoms with E-state index < -0.39 is 0 Å². The number of hydrogen-bond donors (Lipinski definition) is 0. The van der Waals surface area contributed by atoms with E-state index >= 15 is 0 Å². The third kappa shape index (κ3) is 7.30. The SMILES string of the molecule is CCC#CCC=CCC. The van der Waals surface area contributed by atoms with E-state index in [4.69, 9.17) is 0 Å². The van der Waals surface area contributed by atoms with Gasteiger partial charge >= 0.3 is 0 Å². The molecule has 0 aromatic rings. The van der Waals surface area contributed by atoms with Crippen LogP contribution in [0.3, 0.4) is 0 Å². The van der Waals surface area contributed by atoms with E-state index in [1.165, 1.54) is 0 Å². The highest BCUT2D eigenvalue weighted by Gasteiger charge is 1.66. The van der Waals surface area contributed by atoms with Crippen LogP contribution in [0.5, 0.6) is 0 Å². The van der Waals surface area contributed by atoms with E-state index in [0.717, 1.165) is 19.3 Å². The van der Waals surface area contributed by atoms with Gasteiger partial charge in [-0.15, -0.1) is 5.92 Å². The summed E-state index contributed by atoms with van der Waals surface area (Å²) in [6.45, 7) is 4.19. The molecule has 0 aliphatic carbocycles. The highest BCUT2D eigenvalue weighted by Crippen LogP contribution is 1.83. The van der Waals surface area contributed by atoms with Crippen LogP contribution in [0.25, 0.3) is 0 Å². The summed E-state index contributed by atoms with van der Waals surface area (Å²) in [7, 11) is 0. The molecule has 0 rings (SSSR count). The molecule has 0 aliphatic rings. The summed E-state index contributed by atoms with van der Waals surface area (Å²) in [5, 5.41) is 0. The van der Waals surface area contributed by atoms with Gasteiger partial charge in [0.25, 0.3) is 0 Å². The van der Waals surface area contributed by atoms with E-state index in [0.29, 0.717) is 0 Å². The zero-order chi connectivity index (χ0) is 6.95. The van der Waals surface area contributed by atoms with Crippen molar-refractivity contribution in [1.29, 1.82) is 0 Å². The fraction of sp³-hybridized carbons (Fsp3) is 0.556. The van der Waals surface area contributed by atoms with Crippen molar-refractivity contribution in [2.24, 2.45) is 0 Å². The zero-order valence-electron chi connectivity index (χ0n) is 6.28. The molecule has 9 heavy (non-hydrogen) atoms.